The van der Waals surface area contributed by atoms with Crippen molar-refractivity contribution in [3.05, 3.63) is 29.0 Å². The van der Waals surface area contributed by atoms with Gasteiger partial charge in [-0.2, -0.15) is 0 Å². The van der Waals surface area contributed by atoms with Crippen molar-refractivity contribution in [2.45, 2.75) is 24.0 Å². The highest BCUT2D eigenvalue weighted by Crippen LogP contribution is 2.41. The molecule has 0 unspecified atom stereocenters. The molecular weight excluding hydrogens is 306 g/mol. The minimum absolute atomic E-state index is 0.450. The first kappa shape index (κ1) is 14.4. The van der Waals surface area contributed by atoms with Gasteiger partial charge in [-0.15, -0.1) is 11.8 Å². The van der Waals surface area contributed by atoms with Crippen LogP contribution in [-0.4, -0.2) is 25.4 Å². The van der Waals surface area contributed by atoms with Crippen LogP contribution in [0.5, 0.6) is 0 Å². The Balaban J connectivity index is 2.51. The topological polar surface area (TPSA) is 30.0 Å². The predicted molar refractivity (Wildman–Crippen MR) is 83.9 cm³/mol. The average Bonchev–Trinajstić information content (AvgIpc) is 2.40. The predicted octanol–water partition coefficient (Wildman–Crippen LogP) is 3.55. The van der Waals surface area contributed by atoms with Crippen molar-refractivity contribution in [2.75, 3.05) is 12.0 Å². The molecule has 0 aliphatic carbocycles. The van der Waals surface area contributed by atoms with Crippen LogP contribution >= 0.6 is 35.6 Å². The first-order chi connectivity index (χ1) is 8.61. The second-order valence-electron chi connectivity index (χ2n) is 4.19. The molecule has 1 aromatic rings. The van der Waals surface area contributed by atoms with Crippen molar-refractivity contribution in [2.24, 2.45) is 0 Å². The van der Waals surface area contributed by atoms with E-state index >= 15 is 0 Å². The van der Waals surface area contributed by atoms with E-state index in [9.17, 15) is 4.21 Å². The Morgan fingerprint density at radius 3 is 2.89 bits per heavy atom. The summed E-state index contributed by atoms with van der Waals surface area (Å²) >= 11 is 12.8. The molecule has 98 valence electrons. The van der Waals surface area contributed by atoms with Gasteiger partial charge in [-0.05, 0) is 30.7 Å². The van der Waals surface area contributed by atoms with Crippen molar-refractivity contribution >= 4 is 50.6 Å². The maximum atomic E-state index is 12.6. The molecule has 0 spiro atoms. The molecule has 1 aliphatic rings. The van der Waals surface area contributed by atoms with Crippen LogP contribution in [0, 0.1) is 0 Å². The first-order valence-corrected chi connectivity index (χ1v) is 9.03. The highest BCUT2D eigenvalue weighted by atomic mass is 35.5. The SMILES string of the molecule is CSC(=S)[C@]1(c2ccc(Cl)nc2)CCCC[S@]1=O. The Labute approximate surface area is 124 Å². The molecule has 6 heteroatoms. The lowest BCUT2D eigenvalue weighted by Gasteiger charge is -2.36. The van der Waals surface area contributed by atoms with Gasteiger partial charge < -0.3 is 0 Å². The van der Waals surface area contributed by atoms with E-state index in [-0.39, 0.29) is 0 Å². The quantitative estimate of drug-likeness (QED) is 0.616. The smallest absolute Gasteiger partial charge is 0.129 e. The van der Waals surface area contributed by atoms with Gasteiger partial charge in [-0.25, -0.2) is 4.98 Å². The van der Waals surface area contributed by atoms with Gasteiger partial charge in [0.1, 0.15) is 9.90 Å². The zero-order chi connectivity index (χ0) is 13.2. The molecule has 2 atom stereocenters. The van der Waals surface area contributed by atoms with Crippen LogP contribution in [0.1, 0.15) is 24.8 Å². The number of halogens is 1. The highest BCUT2D eigenvalue weighted by Gasteiger charge is 2.44. The molecule has 2 rings (SSSR count). The molecule has 1 aromatic heterocycles. The van der Waals surface area contributed by atoms with Crippen molar-refractivity contribution in [1.29, 1.82) is 0 Å². The van der Waals surface area contributed by atoms with Crippen molar-refractivity contribution in [3.63, 3.8) is 0 Å². The Morgan fingerprint density at radius 1 is 1.56 bits per heavy atom. The van der Waals surface area contributed by atoms with Crippen molar-refractivity contribution < 1.29 is 4.21 Å². The third-order valence-corrected chi connectivity index (χ3v) is 7.34. The van der Waals surface area contributed by atoms with E-state index in [0.717, 1.165) is 29.0 Å². The zero-order valence-electron chi connectivity index (χ0n) is 10.0. The van der Waals surface area contributed by atoms with E-state index in [1.54, 1.807) is 12.3 Å². The zero-order valence-corrected chi connectivity index (χ0v) is 13.2. The minimum atomic E-state index is -0.969. The number of hydrogen-bond acceptors (Lipinski definition) is 4. The summed E-state index contributed by atoms with van der Waals surface area (Å²) in [5.74, 6) is 0.712. The van der Waals surface area contributed by atoms with Gasteiger partial charge in [-0.3, -0.25) is 4.21 Å². The summed E-state index contributed by atoms with van der Waals surface area (Å²) in [4.78, 5) is 4.11. The fraction of sp³-hybridized carbons (Fsp3) is 0.500. The van der Waals surface area contributed by atoms with E-state index in [2.05, 4.69) is 4.98 Å². The number of pyridine rings is 1. The van der Waals surface area contributed by atoms with Crippen molar-refractivity contribution in [3.8, 4) is 0 Å². The lowest BCUT2D eigenvalue weighted by molar-refractivity contribution is 0.583. The van der Waals surface area contributed by atoms with E-state index in [0.29, 0.717) is 10.9 Å². The monoisotopic (exact) mass is 319 g/mol. The number of thioether (sulfide) groups is 1. The van der Waals surface area contributed by atoms with Gasteiger partial charge in [0.25, 0.3) is 0 Å². The van der Waals surface area contributed by atoms with Gasteiger partial charge in [0, 0.05) is 22.7 Å². The summed E-state index contributed by atoms with van der Waals surface area (Å²) in [6, 6.07) is 3.65. The molecule has 0 radical (unpaired) electrons. The van der Waals surface area contributed by atoms with Gasteiger partial charge in [0.2, 0.25) is 0 Å². The Kier molecular flexibility index (Phi) is 4.80. The van der Waals surface area contributed by atoms with Crippen LogP contribution in [0.2, 0.25) is 5.15 Å². The van der Waals surface area contributed by atoms with Gasteiger partial charge >= 0.3 is 0 Å². The second kappa shape index (κ2) is 5.99. The fourth-order valence-electron chi connectivity index (χ4n) is 2.26. The molecule has 0 bridgehead atoms. The number of aromatic nitrogens is 1. The first-order valence-electron chi connectivity index (χ1n) is 5.70. The van der Waals surface area contributed by atoms with Crippen LogP contribution in [-0.2, 0) is 15.5 Å². The normalized spacial score (nSPS) is 28.0. The van der Waals surface area contributed by atoms with Gasteiger partial charge in [0.05, 0.1) is 4.20 Å². The molecule has 2 nitrogen and oxygen atoms in total. The third-order valence-electron chi connectivity index (χ3n) is 3.21. The Hall–Kier alpha value is 0.0300. The van der Waals surface area contributed by atoms with Crippen molar-refractivity contribution in [1.82, 2.24) is 4.98 Å². The molecular formula is C12H14ClNOS3. The number of rotatable bonds is 2. The summed E-state index contributed by atoms with van der Waals surface area (Å²) in [7, 11) is -0.969. The molecule has 0 aromatic carbocycles. The molecule has 0 amide bonds. The van der Waals surface area contributed by atoms with Crippen LogP contribution < -0.4 is 0 Å². The molecule has 0 saturated carbocycles. The molecule has 1 saturated heterocycles. The van der Waals surface area contributed by atoms with E-state index in [1.165, 1.54) is 11.8 Å². The Morgan fingerprint density at radius 2 is 2.33 bits per heavy atom. The lowest BCUT2D eigenvalue weighted by atomic mass is 9.95. The van der Waals surface area contributed by atoms with Crippen LogP contribution in [0.4, 0.5) is 0 Å². The lowest BCUT2D eigenvalue weighted by Crippen LogP contribution is -2.41. The molecule has 1 fully saturated rings. The number of nitrogens with zero attached hydrogens (tertiary/aromatic N) is 1. The summed E-state index contributed by atoms with van der Waals surface area (Å²) in [5.41, 5.74) is 0.935. The van der Waals surface area contributed by atoms with Crippen LogP contribution in [0.3, 0.4) is 0 Å². The third kappa shape index (κ3) is 2.50. The summed E-state index contributed by atoms with van der Waals surface area (Å²) < 4.78 is 12.8. The fourth-order valence-corrected chi connectivity index (χ4v) is 5.71. The number of hydrogen-bond donors (Lipinski definition) is 0. The summed E-state index contributed by atoms with van der Waals surface area (Å²) in [6.07, 6.45) is 6.55. The Bertz CT molecular complexity index is 467. The maximum absolute atomic E-state index is 12.6. The molecule has 0 N–H and O–H groups in total. The average molecular weight is 320 g/mol. The van der Waals surface area contributed by atoms with E-state index < -0.39 is 15.5 Å². The van der Waals surface area contributed by atoms with E-state index in [4.69, 9.17) is 23.8 Å². The van der Waals surface area contributed by atoms with Gasteiger partial charge in [0.15, 0.2) is 0 Å². The molecule has 18 heavy (non-hydrogen) atoms. The molecule has 2 heterocycles. The maximum Gasteiger partial charge on any atom is 0.129 e. The largest absolute Gasteiger partial charge is 0.258 e. The standard InChI is InChI=1S/C12H14ClNOS3/c1-17-11(16)12(6-2-3-7-18(12)15)9-4-5-10(13)14-8-9/h4-5,8H,2-3,6-7H2,1H3/t12-,18-/m1/s1. The molecule has 1 aliphatic heterocycles. The van der Waals surface area contributed by atoms with Crippen LogP contribution in [0.25, 0.3) is 0 Å². The second-order valence-corrected chi connectivity index (χ2v) is 7.86. The minimum Gasteiger partial charge on any atom is -0.258 e. The van der Waals surface area contributed by atoms with Crippen LogP contribution in [0.15, 0.2) is 18.3 Å². The number of thiocarbonyl (C=S) groups is 1. The summed E-state index contributed by atoms with van der Waals surface area (Å²) in [5, 5.41) is 0.450. The summed E-state index contributed by atoms with van der Waals surface area (Å²) in [6.45, 7) is 0. The van der Waals surface area contributed by atoms with E-state index in [1.807, 2.05) is 12.3 Å². The van der Waals surface area contributed by atoms with Gasteiger partial charge in [-0.1, -0.05) is 36.3 Å². The highest BCUT2D eigenvalue weighted by molar-refractivity contribution is 8.24.